The Hall–Kier alpha value is -4.35. The third kappa shape index (κ3) is 6.17. The summed E-state index contributed by atoms with van der Waals surface area (Å²) >= 11 is 0. The van der Waals surface area contributed by atoms with Gasteiger partial charge in [-0.3, -0.25) is 0 Å². The van der Waals surface area contributed by atoms with Crippen LogP contribution in [0.25, 0.3) is 0 Å². The molecule has 0 unspecified atom stereocenters. The minimum atomic E-state index is -8.87. The van der Waals surface area contributed by atoms with Gasteiger partial charge >= 0.3 is 60.0 Å². The maximum Gasteiger partial charge on any atom is 0.460 e. The first-order chi connectivity index (χ1) is 23.9. The molecule has 0 spiro atoms. The van der Waals surface area contributed by atoms with E-state index in [2.05, 4.69) is 0 Å². The molecule has 0 aliphatic rings. The average molecular weight is 830 g/mol. The van der Waals surface area contributed by atoms with Crippen molar-refractivity contribution < 1.29 is 111 Å². The van der Waals surface area contributed by atoms with Gasteiger partial charge in [-0.2, -0.15) is 101 Å². The maximum absolute atomic E-state index is 14.7. The lowest BCUT2D eigenvalue weighted by Gasteiger charge is -2.42. The molecule has 0 amide bonds. The summed E-state index contributed by atoms with van der Waals surface area (Å²) in [7, 11) is 0. The zero-order valence-electron chi connectivity index (χ0n) is 25.0. The summed E-state index contributed by atoms with van der Waals surface area (Å²) in [6.07, 6.45) is -20.6. The number of aromatic hydroxyl groups is 1. The van der Waals surface area contributed by atoms with Crippen molar-refractivity contribution >= 4 is 0 Å². The second-order valence-corrected chi connectivity index (χ2v) is 10.9. The molecule has 54 heavy (non-hydrogen) atoms. The van der Waals surface area contributed by atoms with Crippen LogP contribution in [0.1, 0.15) is 16.7 Å². The number of ether oxygens (including phenoxy) is 1. The van der Waals surface area contributed by atoms with Crippen LogP contribution in [0, 0.1) is 0 Å². The van der Waals surface area contributed by atoms with Crippen LogP contribution < -0.4 is 4.74 Å². The number of hydrogen-bond acceptors (Lipinski definition) is 2. The summed E-state index contributed by atoms with van der Waals surface area (Å²) in [5, 5.41) is 9.39. The van der Waals surface area contributed by atoms with Crippen molar-refractivity contribution in [1.82, 2.24) is 0 Å². The number of hydrogen-bond donors (Lipinski definition) is 1. The van der Waals surface area contributed by atoms with Gasteiger partial charge < -0.3 is 9.84 Å². The van der Waals surface area contributed by atoms with Gasteiger partial charge in [-0.1, -0.05) is 30.3 Å². The Bertz CT molecular complexity index is 1770. The van der Waals surface area contributed by atoms with Gasteiger partial charge in [0.2, 0.25) is 5.41 Å². The Morgan fingerprint density at radius 1 is 0.370 bits per heavy atom. The number of alkyl halides is 23. The highest BCUT2D eigenvalue weighted by molar-refractivity contribution is 5.53. The highest BCUT2D eigenvalue weighted by atomic mass is 19.4. The summed E-state index contributed by atoms with van der Waals surface area (Å²) in [5.41, 5.74) is -11.1. The highest BCUT2D eigenvalue weighted by Crippen LogP contribution is 2.65. The van der Waals surface area contributed by atoms with E-state index < -0.39 is 111 Å². The molecular formula is C29H13F23O2. The van der Waals surface area contributed by atoms with Crippen LogP contribution in [0.4, 0.5) is 101 Å². The third-order valence-corrected chi connectivity index (χ3v) is 7.61. The predicted molar refractivity (Wildman–Crippen MR) is 134 cm³/mol. The second kappa shape index (κ2) is 12.9. The fourth-order valence-electron chi connectivity index (χ4n) is 4.73. The highest BCUT2D eigenvalue weighted by Gasteiger charge is 2.95. The van der Waals surface area contributed by atoms with E-state index in [0.29, 0.717) is 24.3 Å². The van der Waals surface area contributed by atoms with Crippen LogP contribution in [-0.4, -0.2) is 59.2 Å². The van der Waals surface area contributed by atoms with Gasteiger partial charge in [0, 0.05) is 11.1 Å². The quantitative estimate of drug-likeness (QED) is 0.195. The summed E-state index contributed by atoms with van der Waals surface area (Å²) in [6.45, 7) is 0. The Balaban J connectivity index is 2.12. The number of para-hydroxylation sites is 1. The summed E-state index contributed by atoms with van der Waals surface area (Å²) in [6, 6.07) is 1.78. The van der Waals surface area contributed by atoms with Crippen molar-refractivity contribution in [3.8, 4) is 17.2 Å². The molecule has 3 aromatic carbocycles. The Kier molecular flexibility index (Phi) is 10.5. The zero-order valence-corrected chi connectivity index (χ0v) is 25.0. The molecule has 0 bridgehead atoms. The van der Waals surface area contributed by atoms with E-state index >= 15 is 0 Å². The van der Waals surface area contributed by atoms with Gasteiger partial charge in [-0.05, 0) is 48.0 Å². The van der Waals surface area contributed by atoms with Crippen LogP contribution in [0.15, 0.2) is 72.8 Å². The molecule has 1 N–H and O–H groups in total. The lowest BCUT2D eigenvalue weighted by Crippen LogP contribution is -2.74. The summed E-state index contributed by atoms with van der Waals surface area (Å²) < 4.78 is 324. The van der Waals surface area contributed by atoms with E-state index in [1.807, 2.05) is 0 Å². The largest absolute Gasteiger partial charge is 0.508 e. The van der Waals surface area contributed by atoms with E-state index in [4.69, 9.17) is 4.74 Å². The standard InChI is InChI=1S/C29H13F23O2/c30-20(31,21(32,33)22(34,35)23(36,37)24(38,39)25(40,41)26(42,43)29(50,51)52)14-7-11-16(12-8-14)54-18-4-2-1-3-17(18)19(27(44,45)46,28(47,48)49)13-5-9-15(53)10-6-13/h1-12,53H. The van der Waals surface area contributed by atoms with Gasteiger partial charge in [0.1, 0.15) is 17.2 Å². The van der Waals surface area contributed by atoms with Crippen molar-refractivity contribution in [1.29, 1.82) is 0 Å². The van der Waals surface area contributed by atoms with Crippen molar-refractivity contribution in [3.05, 3.63) is 89.5 Å². The van der Waals surface area contributed by atoms with Crippen LogP contribution in [0.2, 0.25) is 0 Å². The smallest absolute Gasteiger partial charge is 0.460 e. The first-order valence-electron chi connectivity index (χ1n) is 13.4. The number of benzene rings is 3. The molecule has 3 rings (SSSR count). The molecule has 0 atom stereocenters. The van der Waals surface area contributed by atoms with E-state index in [9.17, 15) is 106 Å². The SMILES string of the molecule is Oc1ccc(C(c2ccccc2Oc2ccc(C(F)(F)C(F)(F)C(F)(F)C(F)(F)C(F)(F)C(F)(F)C(F)(F)C(F)(F)F)cc2)(C(F)(F)F)C(F)(F)F)cc1. The van der Waals surface area contributed by atoms with Crippen molar-refractivity contribution in [3.63, 3.8) is 0 Å². The molecule has 0 heterocycles. The average Bonchev–Trinajstić information content (AvgIpc) is 3.01. The molecule has 0 aliphatic heterocycles. The third-order valence-electron chi connectivity index (χ3n) is 7.61. The minimum Gasteiger partial charge on any atom is -0.508 e. The topological polar surface area (TPSA) is 29.5 Å². The van der Waals surface area contributed by atoms with Crippen molar-refractivity contribution in [2.24, 2.45) is 0 Å². The molecule has 2 nitrogen and oxygen atoms in total. The number of phenols is 1. The fraction of sp³-hybridized carbons (Fsp3) is 0.379. The monoisotopic (exact) mass is 830 g/mol. The van der Waals surface area contributed by atoms with Crippen LogP contribution >= 0.6 is 0 Å². The van der Waals surface area contributed by atoms with Gasteiger partial charge in [-0.25, -0.2) is 0 Å². The Morgan fingerprint density at radius 3 is 1.15 bits per heavy atom. The molecular weight excluding hydrogens is 817 g/mol. The molecule has 3 aromatic rings. The van der Waals surface area contributed by atoms with E-state index in [1.165, 1.54) is 0 Å². The minimum absolute atomic E-state index is 0.136. The van der Waals surface area contributed by atoms with Crippen molar-refractivity contribution in [2.75, 3.05) is 0 Å². The number of rotatable bonds is 11. The number of halogens is 23. The molecule has 0 aliphatic carbocycles. The van der Waals surface area contributed by atoms with Crippen LogP contribution in [0.3, 0.4) is 0 Å². The zero-order chi connectivity index (χ0) is 42.2. The van der Waals surface area contributed by atoms with E-state index in [0.717, 1.165) is 6.07 Å². The molecule has 302 valence electrons. The molecule has 0 fully saturated rings. The van der Waals surface area contributed by atoms with Gasteiger partial charge in [0.15, 0.2) is 0 Å². The number of phenolic OH excluding ortho intramolecular Hbond substituents is 1. The van der Waals surface area contributed by atoms with Gasteiger partial charge in [0.05, 0.1) is 0 Å². The molecule has 0 radical (unpaired) electrons. The first-order valence-corrected chi connectivity index (χ1v) is 13.4. The van der Waals surface area contributed by atoms with Gasteiger partial charge in [0.25, 0.3) is 0 Å². The van der Waals surface area contributed by atoms with Crippen LogP contribution in [0.5, 0.6) is 17.2 Å². The molecule has 0 aromatic heterocycles. The summed E-state index contributed by atoms with van der Waals surface area (Å²) in [4.78, 5) is 0. The Labute approximate surface area is 283 Å². The maximum atomic E-state index is 14.7. The normalized spacial score (nSPS) is 15.0. The van der Waals surface area contributed by atoms with Crippen LogP contribution in [-0.2, 0) is 11.3 Å². The summed E-state index contributed by atoms with van der Waals surface area (Å²) in [5.74, 6) is -62.0. The predicted octanol–water partition coefficient (Wildman–Crippen LogP) is 12.1. The van der Waals surface area contributed by atoms with E-state index in [-0.39, 0.29) is 30.3 Å². The lowest BCUT2D eigenvalue weighted by molar-refractivity contribution is -0.462. The second-order valence-electron chi connectivity index (χ2n) is 10.9. The van der Waals surface area contributed by atoms with Crippen molar-refractivity contribution in [2.45, 2.75) is 65.4 Å². The molecule has 25 heteroatoms. The molecule has 0 saturated heterocycles. The van der Waals surface area contributed by atoms with Gasteiger partial charge in [-0.15, -0.1) is 0 Å². The lowest BCUT2D eigenvalue weighted by atomic mass is 9.72. The first kappa shape index (κ1) is 44.0. The molecule has 0 saturated carbocycles. The Morgan fingerprint density at radius 2 is 0.741 bits per heavy atom. The van der Waals surface area contributed by atoms with E-state index in [1.54, 1.807) is 0 Å². The fourth-order valence-corrected chi connectivity index (χ4v) is 4.73.